The van der Waals surface area contributed by atoms with E-state index in [4.69, 9.17) is 0 Å². The molecule has 8 heteroatoms. The maximum absolute atomic E-state index is 12.9. The Labute approximate surface area is 172 Å². The molecule has 1 aliphatic rings. The van der Waals surface area contributed by atoms with Gasteiger partial charge in [0.05, 0.1) is 5.92 Å². The first kappa shape index (κ1) is 22.2. The van der Waals surface area contributed by atoms with Crippen LogP contribution in [0.1, 0.15) is 23.0 Å². The second-order valence-corrected chi connectivity index (χ2v) is 9.76. The van der Waals surface area contributed by atoms with Crippen LogP contribution in [-0.4, -0.2) is 18.9 Å². The normalized spacial score (nSPS) is 23.0. The van der Waals surface area contributed by atoms with Gasteiger partial charge in [-0.2, -0.15) is 0 Å². The second-order valence-electron chi connectivity index (χ2n) is 7.35. The largest absolute Gasteiger partial charge is 0.315 e. The Balaban J connectivity index is 1.76. The highest BCUT2D eigenvalue weighted by Crippen LogP contribution is 3.02. The SMILES string of the molecule is C=C[C@H](C(=O)C=CC1CNC[C@@H]1c1ccc(S(F)(F)(F)(F)F)cc1)c1ccccc1. The summed E-state index contributed by atoms with van der Waals surface area (Å²) < 4.78 is 64.6. The second kappa shape index (κ2) is 7.35. The van der Waals surface area contributed by atoms with Crippen molar-refractivity contribution >= 4 is 16.0 Å². The molecular weight excluding hydrogens is 421 g/mol. The lowest BCUT2D eigenvalue weighted by Gasteiger charge is -2.40. The van der Waals surface area contributed by atoms with Crippen LogP contribution < -0.4 is 5.32 Å². The van der Waals surface area contributed by atoms with Crippen LogP contribution in [0.5, 0.6) is 0 Å². The maximum atomic E-state index is 12.9. The highest BCUT2D eigenvalue weighted by atomic mass is 32.5. The summed E-state index contributed by atoms with van der Waals surface area (Å²) in [4.78, 5) is 10.7. The first-order valence-corrected chi connectivity index (χ1v) is 11.3. The minimum absolute atomic E-state index is 0.152. The molecule has 0 aromatic heterocycles. The van der Waals surface area contributed by atoms with Crippen molar-refractivity contribution < 1.29 is 24.2 Å². The average molecular weight is 443 g/mol. The van der Waals surface area contributed by atoms with E-state index in [9.17, 15) is 24.2 Å². The third kappa shape index (κ3) is 5.17. The van der Waals surface area contributed by atoms with Gasteiger partial charge in [-0.15, -0.1) is 6.58 Å². The summed E-state index contributed by atoms with van der Waals surface area (Å²) in [5.41, 5.74) is 1.32. The van der Waals surface area contributed by atoms with Crippen LogP contribution in [0, 0.1) is 5.92 Å². The fourth-order valence-corrected chi connectivity index (χ4v) is 4.29. The van der Waals surface area contributed by atoms with E-state index >= 15 is 0 Å². The number of allylic oxidation sites excluding steroid dienone is 2. The summed E-state index contributed by atoms with van der Waals surface area (Å²) in [5, 5.41) is 3.13. The van der Waals surface area contributed by atoms with Crippen LogP contribution in [0.15, 0.2) is 84.3 Å². The molecule has 1 fully saturated rings. The number of benzene rings is 2. The molecule has 30 heavy (non-hydrogen) atoms. The van der Waals surface area contributed by atoms with Gasteiger partial charge in [0.2, 0.25) is 0 Å². The minimum Gasteiger partial charge on any atom is -0.315 e. The molecule has 1 heterocycles. The third-order valence-electron chi connectivity index (χ3n) is 5.22. The quantitative estimate of drug-likeness (QED) is 0.292. The van der Waals surface area contributed by atoms with Gasteiger partial charge in [-0.05, 0) is 35.3 Å². The summed E-state index contributed by atoms with van der Waals surface area (Å²) in [6, 6.07) is 12.2. The first-order chi connectivity index (χ1) is 13.9. The summed E-state index contributed by atoms with van der Waals surface area (Å²) in [5.74, 6) is -1.02. The minimum atomic E-state index is -9.69. The van der Waals surface area contributed by atoms with Crippen molar-refractivity contribution in [2.45, 2.75) is 16.7 Å². The van der Waals surface area contributed by atoms with Gasteiger partial charge in [-0.25, -0.2) is 0 Å². The molecule has 0 bridgehead atoms. The van der Waals surface area contributed by atoms with Gasteiger partial charge in [0, 0.05) is 19.0 Å². The Kier molecular flexibility index (Phi) is 5.45. The zero-order valence-corrected chi connectivity index (χ0v) is 16.8. The lowest BCUT2D eigenvalue weighted by atomic mass is 9.87. The van der Waals surface area contributed by atoms with Gasteiger partial charge in [-0.3, -0.25) is 4.79 Å². The highest BCUT2D eigenvalue weighted by molar-refractivity contribution is 8.45. The Bertz CT molecular complexity index is 956. The van der Waals surface area contributed by atoms with Gasteiger partial charge < -0.3 is 5.32 Å². The van der Waals surface area contributed by atoms with Crippen molar-refractivity contribution in [3.63, 3.8) is 0 Å². The molecule has 0 amide bonds. The summed E-state index contributed by atoms with van der Waals surface area (Å²) >= 11 is 0. The van der Waals surface area contributed by atoms with Crippen LogP contribution in [0.2, 0.25) is 0 Å². The zero-order valence-electron chi connectivity index (χ0n) is 16.0. The third-order valence-corrected chi connectivity index (χ3v) is 6.39. The van der Waals surface area contributed by atoms with Crippen molar-refractivity contribution in [1.82, 2.24) is 5.32 Å². The van der Waals surface area contributed by atoms with Gasteiger partial charge in [0.15, 0.2) is 5.78 Å². The Hall–Kier alpha value is -2.45. The lowest BCUT2D eigenvalue weighted by Crippen LogP contribution is -2.12. The molecule has 2 nitrogen and oxygen atoms in total. The summed E-state index contributed by atoms with van der Waals surface area (Å²) in [7, 11) is -9.69. The number of hydrogen-bond donors (Lipinski definition) is 1. The smallest absolute Gasteiger partial charge is 0.310 e. The molecule has 0 spiro atoms. The first-order valence-electron chi connectivity index (χ1n) is 9.33. The Morgan fingerprint density at radius 3 is 2.20 bits per heavy atom. The zero-order chi connectivity index (χ0) is 22.1. The van der Waals surface area contributed by atoms with E-state index in [-0.39, 0.29) is 17.6 Å². The van der Waals surface area contributed by atoms with Crippen molar-refractivity contribution in [2.24, 2.45) is 5.92 Å². The fraction of sp³-hybridized carbons (Fsp3) is 0.227. The average Bonchev–Trinajstić information content (AvgIpc) is 3.15. The number of ketones is 1. The molecule has 3 atom stereocenters. The van der Waals surface area contributed by atoms with Gasteiger partial charge in [0.25, 0.3) is 0 Å². The molecular formula is C22H22F5NOS. The predicted molar refractivity (Wildman–Crippen MR) is 110 cm³/mol. The van der Waals surface area contributed by atoms with Crippen LogP contribution in [0.3, 0.4) is 0 Å². The Morgan fingerprint density at radius 2 is 1.63 bits per heavy atom. The molecule has 0 saturated carbocycles. The van der Waals surface area contributed by atoms with Crippen molar-refractivity contribution in [2.75, 3.05) is 13.1 Å². The van der Waals surface area contributed by atoms with Gasteiger partial charge >= 0.3 is 10.2 Å². The topological polar surface area (TPSA) is 29.1 Å². The van der Waals surface area contributed by atoms with Crippen molar-refractivity contribution in [3.8, 4) is 0 Å². The number of nitrogens with one attached hydrogen (secondary N) is 1. The van der Waals surface area contributed by atoms with Crippen LogP contribution >= 0.6 is 10.2 Å². The van der Waals surface area contributed by atoms with E-state index in [2.05, 4.69) is 11.9 Å². The molecule has 2 aromatic carbocycles. The number of hydrogen-bond acceptors (Lipinski definition) is 2. The maximum Gasteiger partial charge on any atom is 0.310 e. The van der Waals surface area contributed by atoms with Gasteiger partial charge in [-0.1, -0.05) is 74.0 Å². The molecule has 1 saturated heterocycles. The standard InChI is InChI=1S/C22H22F5NOS/c1-2-20(16-6-4-3-5-7-16)22(29)13-10-18-14-28-15-21(18)17-8-11-19(12-9-17)30(23,24,25,26)27/h2-13,18,20-21,28H,1,14-15H2/t18?,20-,21+/m0/s1. The molecule has 162 valence electrons. The van der Waals surface area contributed by atoms with Gasteiger partial charge in [0.1, 0.15) is 4.90 Å². The predicted octanol–water partition coefficient (Wildman–Crippen LogP) is 6.74. The molecule has 3 rings (SSSR count). The van der Waals surface area contributed by atoms with E-state index in [1.54, 1.807) is 12.2 Å². The molecule has 1 unspecified atom stereocenters. The van der Waals surface area contributed by atoms with E-state index in [1.165, 1.54) is 6.08 Å². The van der Waals surface area contributed by atoms with E-state index in [1.807, 2.05) is 30.3 Å². The summed E-state index contributed by atoms with van der Waals surface area (Å²) in [6.07, 6.45) is 4.75. The van der Waals surface area contributed by atoms with Crippen LogP contribution in [0.25, 0.3) is 0 Å². The van der Waals surface area contributed by atoms with Crippen LogP contribution in [-0.2, 0) is 4.79 Å². The van der Waals surface area contributed by atoms with E-state index in [0.29, 0.717) is 30.8 Å². The van der Waals surface area contributed by atoms with Crippen molar-refractivity contribution in [3.05, 3.63) is 90.5 Å². The van der Waals surface area contributed by atoms with Crippen LogP contribution in [0.4, 0.5) is 19.4 Å². The monoisotopic (exact) mass is 443 g/mol. The lowest BCUT2D eigenvalue weighted by molar-refractivity contribution is -0.115. The summed E-state index contributed by atoms with van der Waals surface area (Å²) in [6.45, 7) is 4.73. The molecule has 1 N–H and O–H groups in total. The number of rotatable bonds is 7. The van der Waals surface area contributed by atoms with E-state index < -0.39 is 21.0 Å². The molecule has 0 aliphatic carbocycles. The molecule has 0 radical (unpaired) electrons. The molecule has 2 aromatic rings. The molecule has 1 aliphatic heterocycles. The number of carbonyl (C=O) groups is 1. The number of halogens is 5. The Morgan fingerprint density at radius 1 is 1.00 bits per heavy atom. The highest BCUT2D eigenvalue weighted by Gasteiger charge is 2.65. The number of carbonyl (C=O) groups excluding carboxylic acids is 1. The fourth-order valence-electron chi connectivity index (χ4n) is 3.64. The van der Waals surface area contributed by atoms with Crippen molar-refractivity contribution in [1.29, 1.82) is 0 Å². The van der Waals surface area contributed by atoms with E-state index in [0.717, 1.165) is 17.7 Å².